The number of hydrogen-bond acceptors (Lipinski definition) is 2. The van der Waals surface area contributed by atoms with Gasteiger partial charge in [-0.15, -0.1) is 0 Å². The first kappa shape index (κ1) is 18.2. The highest BCUT2D eigenvalue weighted by atomic mass is 19.1. The summed E-state index contributed by atoms with van der Waals surface area (Å²) in [7, 11) is 0. The van der Waals surface area contributed by atoms with E-state index in [1.807, 2.05) is 31.2 Å². The molecule has 1 aromatic heterocycles. The molecular formula is C22H22FN3O2. The fourth-order valence-electron chi connectivity index (χ4n) is 3.74. The summed E-state index contributed by atoms with van der Waals surface area (Å²) in [5.41, 5.74) is 4.19. The molecule has 0 spiro atoms. The minimum atomic E-state index is -0.261. The topological polar surface area (TPSA) is 74.0 Å². The molecule has 0 aliphatic carbocycles. The van der Waals surface area contributed by atoms with Crippen LogP contribution in [0.2, 0.25) is 0 Å². The minimum Gasteiger partial charge on any atom is -0.354 e. The van der Waals surface area contributed by atoms with Crippen LogP contribution in [0.25, 0.3) is 22.2 Å². The van der Waals surface area contributed by atoms with E-state index in [0.29, 0.717) is 31.4 Å². The van der Waals surface area contributed by atoms with Crippen LogP contribution in [0, 0.1) is 12.7 Å². The number of hydrogen-bond donors (Lipinski definition) is 3. The third-order valence-corrected chi connectivity index (χ3v) is 5.27. The van der Waals surface area contributed by atoms with Crippen molar-refractivity contribution in [3.63, 3.8) is 0 Å². The first-order valence-electron chi connectivity index (χ1n) is 9.43. The standard InChI is InChI=1S/C22H22FN3O2/c1-13-17-10-14(12-24-21(28)11-15-7-9-20(27)25-15)6-8-19(17)26-22(13)16-4-2-3-5-18(16)23/h2-6,8,10,15,26H,7,9,11-12H2,1H3,(H,24,28)(H,25,27). The van der Waals surface area contributed by atoms with E-state index in [1.165, 1.54) is 6.07 Å². The Kier molecular flexibility index (Phi) is 4.86. The highest BCUT2D eigenvalue weighted by molar-refractivity contribution is 5.91. The Morgan fingerprint density at radius 2 is 2.07 bits per heavy atom. The second-order valence-corrected chi connectivity index (χ2v) is 7.27. The number of benzene rings is 2. The Balaban J connectivity index is 1.49. The Labute approximate surface area is 162 Å². The third kappa shape index (κ3) is 3.63. The first-order valence-corrected chi connectivity index (χ1v) is 9.43. The van der Waals surface area contributed by atoms with Gasteiger partial charge in [-0.3, -0.25) is 9.59 Å². The molecule has 1 atom stereocenters. The van der Waals surface area contributed by atoms with Crippen LogP contribution in [0.1, 0.15) is 30.4 Å². The Hall–Kier alpha value is -3.15. The van der Waals surface area contributed by atoms with E-state index in [4.69, 9.17) is 0 Å². The maximum absolute atomic E-state index is 14.2. The minimum absolute atomic E-state index is 0.0110. The van der Waals surface area contributed by atoms with Gasteiger partial charge in [-0.2, -0.15) is 0 Å². The second-order valence-electron chi connectivity index (χ2n) is 7.27. The molecular weight excluding hydrogens is 357 g/mol. The van der Waals surface area contributed by atoms with Gasteiger partial charge in [-0.05, 0) is 48.7 Å². The number of rotatable bonds is 5. The molecule has 0 saturated carbocycles. The van der Waals surface area contributed by atoms with E-state index >= 15 is 0 Å². The number of nitrogens with one attached hydrogen (secondary N) is 3. The fraction of sp³-hybridized carbons (Fsp3) is 0.273. The predicted molar refractivity (Wildman–Crippen MR) is 106 cm³/mol. The van der Waals surface area contributed by atoms with Crippen molar-refractivity contribution in [2.24, 2.45) is 0 Å². The SMILES string of the molecule is Cc1c(-c2ccccc2F)[nH]c2ccc(CNC(=O)CC3CCC(=O)N3)cc12. The zero-order valence-electron chi connectivity index (χ0n) is 15.6. The van der Waals surface area contributed by atoms with Crippen LogP contribution in [0.15, 0.2) is 42.5 Å². The molecule has 1 unspecified atom stereocenters. The van der Waals surface area contributed by atoms with E-state index in [0.717, 1.165) is 27.7 Å². The van der Waals surface area contributed by atoms with Crippen molar-refractivity contribution in [2.45, 2.75) is 38.8 Å². The monoisotopic (exact) mass is 379 g/mol. The molecule has 6 heteroatoms. The van der Waals surface area contributed by atoms with Crippen molar-refractivity contribution in [2.75, 3.05) is 0 Å². The largest absolute Gasteiger partial charge is 0.354 e. The highest BCUT2D eigenvalue weighted by Gasteiger charge is 2.23. The Bertz CT molecular complexity index is 1060. The van der Waals surface area contributed by atoms with Crippen molar-refractivity contribution in [1.82, 2.24) is 15.6 Å². The Morgan fingerprint density at radius 3 is 2.82 bits per heavy atom. The molecule has 2 amide bonds. The van der Waals surface area contributed by atoms with Crippen LogP contribution in [0.4, 0.5) is 4.39 Å². The van der Waals surface area contributed by atoms with Crippen LogP contribution < -0.4 is 10.6 Å². The number of amides is 2. The van der Waals surface area contributed by atoms with Gasteiger partial charge in [-0.25, -0.2) is 4.39 Å². The molecule has 2 aromatic carbocycles. The average molecular weight is 379 g/mol. The number of aromatic nitrogens is 1. The number of aromatic amines is 1. The summed E-state index contributed by atoms with van der Waals surface area (Å²) in [6.07, 6.45) is 1.50. The summed E-state index contributed by atoms with van der Waals surface area (Å²) in [6, 6.07) is 12.6. The first-order chi connectivity index (χ1) is 13.5. The lowest BCUT2D eigenvalue weighted by Gasteiger charge is -2.10. The van der Waals surface area contributed by atoms with Crippen LogP contribution in [-0.2, 0) is 16.1 Å². The lowest BCUT2D eigenvalue weighted by molar-refractivity contribution is -0.121. The number of carbonyl (C=O) groups is 2. The van der Waals surface area contributed by atoms with Gasteiger partial charge in [0.25, 0.3) is 0 Å². The van der Waals surface area contributed by atoms with Gasteiger partial charge >= 0.3 is 0 Å². The Morgan fingerprint density at radius 1 is 1.25 bits per heavy atom. The molecule has 1 aliphatic rings. The fourth-order valence-corrected chi connectivity index (χ4v) is 3.74. The van der Waals surface area contributed by atoms with E-state index in [9.17, 15) is 14.0 Å². The zero-order chi connectivity index (χ0) is 19.7. The number of H-pyrrole nitrogens is 1. The molecule has 0 radical (unpaired) electrons. The van der Waals surface area contributed by atoms with E-state index in [2.05, 4.69) is 15.6 Å². The molecule has 3 aromatic rings. The molecule has 5 nitrogen and oxygen atoms in total. The molecule has 2 heterocycles. The van der Waals surface area contributed by atoms with Gasteiger partial charge < -0.3 is 15.6 Å². The van der Waals surface area contributed by atoms with Gasteiger partial charge in [0, 0.05) is 41.9 Å². The van der Waals surface area contributed by atoms with Crippen LogP contribution in [0.3, 0.4) is 0 Å². The predicted octanol–water partition coefficient (Wildman–Crippen LogP) is 3.57. The molecule has 28 heavy (non-hydrogen) atoms. The van der Waals surface area contributed by atoms with Crippen molar-refractivity contribution in [3.8, 4) is 11.3 Å². The summed E-state index contributed by atoms with van der Waals surface area (Å²) in [4.78, 5) is 26.7. The third-order valence-electron chi connectivity index (χ3n) is 5.27. The molecule has 4 rings (SSSR count). The van der Waals surface area contributed by atoms with Crippen molar-refractivity contribution in [1.29, 1.82) is 0 Å². The van der Waals surface area contributed by atoms with Gasteiger partial charge in [0.1, 0.15) is 5.82 Å². The second kappa shape index (κ2) is 7.46. The molecule has 1 aliphatic heterocycles. The number of fused-ring (bicyclic) bond motifs is 1. The van der Waals surface area contributed by atoms with Gasteiger partial charge in [0.2, 0.25) is 11.8 Å². The van der Waals surface area contributed by atoms with Crippen molar-refractivity contribution < 1.29 is 14.0 Å². The molecule has 0 bridgehead atoms. The molecule has 144 valence electrons. The lowest BCUT2D eigenvalue weighted by Crippen LogP contribution is -2.33. The van der Waals surface area contributed by atoms with Crippen LogP contribution in [0.5, 0.6) is 0 Å². The molecule has 3 N–H and O–H groups in total. The summed E-state index contributed by atoms with van der Waals surface area (Å²) < 4.78 is 14.2. The van der Waals surface area contributed by atoms with Gasteiger partial charge in [-0.1, -0.05) is 18.2 Å². The quantitative estimate of drug-likeness (QED) is 0.634. The number of aryl methyl sites for hydroxylation is 1. The lowest BCUT2D eigenvalue weighted by atomic mass is 10.0. The summed E-state index contributed by atoms with van der Waals surface area (Å²) >= 11 is 0. The van der Waals surface area contributed by atoms with Gasteiger partial charge in [0.05, 0.1) is 5.69 Å². The zero-order valence-corrected chi connectivity index (χ0v) is 15.6. The van der Waals surface area contributed by atoms with E-state index in [-0.39, 0.29) is 23.7 Å². The summed E-state index contributed by atoms with van der Waals surface area (Å²) in [5.74, 6) is -0.328. The maximum Gasteiger partial charge on any atom is 0.222 e. The van der Waals surface area contributed by atoms with E-state index in [1.54, 1.807) is 12.1 Å². The maximum atomic E-state index is 14.2. The number of halogens is 1. The van der Waals surface area contributed by atoms with Crippen molar-refractivity contribution in [3.05, 3.63) is 59.4 Å². The van der Waals surface area contributed by atoms with E-state index < -0.39 is 0 Å². The van der Waals surface area contributed by atoms with Gasteiger partial charge in [0.15, 0.2) is 0 Å². The number of carbonyl (C=O) groups excluding carboxylic acids is 2. The molecule has 1 saturated heterocycles. The van der Waals surface area contributed by atoms with Crippen LogP contribution in [-0.4, -0.2) is 22.8 Å². The normalized spacial score (nSPS) is 16.4. The van der Waals surface area contributed by atoms with Crippen LogP contribution >= 0.6 is 0 Å². The highest BCUT2D eigenvalue weighted by Crippen LogP contribution is 2.31. The average Bonchev–Trinajstić information content (AvgIpc) is 3.23. The summed E-state index contributed by atoms with van der Waals surface area (Å²) in [5, 5.41) is 6.72. The summed E-state index contributed by atoms with van der Waals surface area (Å²) in [6.45, 7) is 2.38. The smallest absolute Gasteiger partial charge is 0.222 e. The van der Waals surface area contributed by atoms with Crippen molar-refractivity contribution >= 4 is 22.7 Å². The molecule has 1 fully saturated rings.